The molecule has 0 aliphatic carbocycles. The van der Waals surface area contributed by atoms with E-state index in [1.54, 1.807) is 24.3 Å². The zero-order valence-electron chi connectivity index (χ0n) is 16.0. The average Bonchev–Trinajstić information content (AvgIpc) is 3.20. The van der Waals surface area contributed by atoms with Gasteiger partial charge >= 0.3 is 6.03 Å². The van der Waals surface area contributed by atoms with Crippen LogP contribution in [0.2, 0.25) is 0 Å². The smallest absolute Gasteiger partial charge is 0.331 e. The third-order valence-electron chi connectivity index (χ3n) is 4.73. The Morgan fingerprint density at radius 1 is 1.03 bits per heavy atom. The highest BCUT2D eigenvalue weighted by Crippen LogP contribution is 2.28. The van der Waals surface area contributed by atoms with Crippen molar-refractivity contribution in [2.24, 2.45) is 0 Å². The number of urea groups is 1. The second-order valence-electron chi connectivity index (χ2n) is 6.86. The summed E-state index contributed by atoms with van der Waals surface area (Å²) in [5, 5.41) is 2.21. The van der Waals surface area contributed by atoms with E-state index < -0.39 is 17.8 Å². The summed E-state index contributed by atoms with van der Waals surface area (Å²) in [6, 6.07) is 17.6. The molecule has 1 aromatic heterocycles. The third kappa shape index (κ3) is 3.97. The summed E-state index contributed by atoms with van der Waals surface area (Å²) in [5.41, 5.74) is 2.56. The monoisotopic (exact) mass is 464 g/mol. The number of benzene rings is 2. The molecule has 2 aromatic carbocycles. The number of hydrogen-bond donors (Lipinski definition) is 1. The number of hydrogen-bond acceptors (Lipinski definition) is 4. The molecule has 6 nitrogen and oxygen atoms in total. The van der Waals surface area contributed by atoms with Crippen LogP contribution in [0.3, 0.4) is 0 Å². The van der Waals surface area contributed by atoms with Crippen molar-refractivity contribution in [2.75, 3.05) is 0 Å². The minimum atomic E-state index is -0.744. The van der Waals surface area contributed by atoms with Gasteiger partial charge in [-0.1, -0.05) is 52.3 Å². The van der Waals surface area contributed by atoms with Gasteiger partial charge in [0.1, 0.15) is 17.1 Å². The van der Waals surface area contributed by atoms with Crippen LogP contribution in [-0.2, 0) is 16.1 Å². The van der Waals surface area contributed by atoms with E-state index >= 15 is 0 Å². The molecule has 1 aliphatic rings. The van der Waals surface area contributed by atoms with E-state index in [1.807, 2.05) is 43.3 Å². The Morgan fingerprint density at radius 3 is 2.53 bits per heavy atom. The predicted octanol–water partition coefficient (Wildman–Crippen LogP) is 4.68. The fraction of sp³-hybridized carbons (Fsp3) is 0.0870. The molecular formula is C23H17BrN2O4. The lowest BCUT2D eigenvalue weighted by atomic mass is 10.1. The quantitative estimate of drug-likeness (QED) is 0.448. The van der Waals surface area contributed by atoms with Gasteiger partial charge in [0.05, 0.1) is 6.54 Å². The van der Waals surface area contributed by atoms with Gasteiger partial charge in [-0.05, 0) is 48.4 Å². The zero-order valence-corrected chi connectivity index (χ0v) is 17.6. The average molecular weight is 465 g/mol. The van der Waals surface area contributed by atoms with Gasteiger partial charge in [0, 0.05) is 10.0 Å². The molecule has 4 amide bonds. The Balaban J connectivity index is 1.61. The second-order valence-corrected chi connectivity index (χ2v) is 7.71. The fourth-order valence-electron chi connectivity index (χ4n) is 3.13. The van der Waals surface area contributed by atoms with Crippen molar-refractivity contribution < 1.29 is 18.8 Å². The highest BCUT2D eigenvalue weighted by atomic mass is 79.9. The first kappa shape index (κ1) is 19.8. The number of furan rings is 1. The summed E-state index contributed by atoms with van der Waals surface area (Å²) >= 11 is 3.47. The second kappa shape index (κ2) is 8.12. The molecular weight excluding hydrogens is 448 g/mol. The van der Waals surface area contributed by atoms with Crippen molar-refractivity contribution in [2.45, 2.75) is 13.5 Å². The van der Waals surface area contributed by atoms with E-state index in [0.29, 0.717) is 11.5 Å². The zero-order chi connectivity index (χ0) is 21.3. The normalized spacial score (nSPS) is 15.6. The van der Waals surface area contributed by atoms with Gasteiger partial charge in [-0.3, -0.25) is 19.8 Å². The maximum Gasteiger partial charge on any atom is 0.331 e. The maximum absolute atomic E-state index is 12.8. The van der Waals surface area contributed by atoms with E-state index in [1.165, 1.54) is 6.08 Å². The minimum absolute atomic E-state index is 0.0672. The summed E-state index contributed by atoms with van der Waals surface area (Å²) in [4.78, 5) is 38.3. The molecule has 0 atom stereocenters. The van der Waals surface area contributed by atoms with Gasteiger partial charge < -0.3 is 4.42 Å². The Kier molecular flexibility index (Phi) is 5.37. The van der Waals surface area contributed by atoms with Crippen molar-refractivity contribution in [3.63, 3.8) is 0 Å². The largest absolute Gasteiger partial charge is 0.457 e. The van der Waals surface area contributed by atoms with E-state index in [-0.39, 0.29) is 12.1 Å². The molecule has 2 heterocycles. The molecule has 3 aromatic rings. The van der Waals surface area contributed by atoms with Gasteiger partial charge in [-0.25, -0.2) is 4.79 Å². The molecule has 1 fully saturated rings. The molecule has 150 valence electrons. The van der Waals surface area contributed by atoms with Gasteiger partial charge in [0.25, 0.3) is 11.8 Å². The molecule has 1 aliphatic heterocycles. The van der Waals surface area contributed by atoms with Gasteiger partial charge in [0.2, 0.25) is 0 Å². The first-order valence-corrected chi connectivity index (χ1v) is 10.0. The number of nitrogens with zero attached hydrogens (tertiary/aromatic N) is 1. The van der Waals surface area contributed by atoms with Crippen LogP contribution in [0.4, 0.5) is 4.79 Å². The Morgan fingerprint density at radius 2 is 1.80 bits per heavy atom. The first-order valence-electron chi connectivity index (χ1n) is 9.21. The van der Waals surface area contributed by atoms with Crippen molar-refractivity contribution in [1.82, 2.24) is 10.2 Å². The number of carbonyl (C=O) groups is 3. The minimum Gasteiger partial charge on any atom is -0.457 e. The van der Waals surface area contributed by atoms with Crippen molar-refractivity contribution >= 4 is 39.9 Å². The summed E-state index contributed by atoms with van der Waals surface area (Å²) in [5.74, 6) is -0.451. The topological polar surface area (TPSA) is 79.6 Å². The summed E-state index contributed by atoms with van der Waals surface area (Å²) < 4.78 is 6.81. The van der Waals surface area contributed by atoms with Gasteiger partial charge in [-0.2, -0.15) is 0 Å². The predicted molar refractivity (Wildman–Crippen MR) is 115 cm³/mol. The summed E-state index contributed by atoms with van der Waals surface area (Å²) in [6.45, 7) is 2.04. The van der Waals surface area contributed by atoms with Crippen LogP contribution in [-0.4, -0.2) is 22.7 Å². The van der Waals surface area contributed by atoms with Crippen molar-refractivity contribution in [3.8, 4) is 11.3 Å². The van der Waals surface area contributed by atoms with Crippen molar-refractivity contribution in [1.29, 1.82) is 0 Å². The van der Waals surface area contributed by atoms with Gasteiger partial charge in [-0.15, -0.1) is 0 Å². The van der Waals surface area contributed by atoms with Crippen LogP contribution >= 0.6 is 15.9 Å². The molecule has 0 saturated carbocycles. The fourth-order valence-corrected chi connectivity index (χ4v) is 3.38. The summed E-state index contributed by atoms with van der Waals surface area (Å²) in [6.07, 6.45) is 1.36. The molecule has 30 heavy (non-hydrogen) atoms. The van der Waals surface area contributed by atoms with E-state index in [9.17, 15) is 14.4 Å². The molecule has 0 radical (unpaired) electrons. The summed E-state index contributed by atoms with van der Waals surface area (Å²) in [7, 11) is 0. The van der Waals surface area contributed by atoms with Crippen LogP contribution in [0.5, 0.6) is 0 Å². The number of imide groups is 2. The highest BCUT2D eigenvalue weighted by molar-refractivity contribution is 9.10. The van der Waals surface area contributed by atoms with Crippen LogP contribution in [0.25, 0.3) is 17.4 Å². The maximum atomic E-state index is 12.8. The van der Waals surface area contributed by atoms with Crippen LogP contribution < -0.4 is 5.32 Å². The molecule has 7 heteroatoms. The van der Waals surface area contributed by atoms with Crippen LogP contribution in [0, 0.1) is 6.92 Å². The first-order chi connectivity index (χ1) is 14.4. The van der Waals surface area contributed by atoms with E-state index in [2.05, 4.69) is 21.2 Å². The number of aryl methyl sites for hydroxylation is 1. The lowest BCUT2D eigenvalue weighted by Crippen LogP contribution is -2.53. The number of nitrogens with one attached hydrogen (secondary N) is 1. The standard InChI is InChI=1S/C23H17BrN2O4/c1-14-11-16(7-9-19(14)24)20-10-8-17(30-20)12-18-21(27)25-23(29)26(22(18)28)13-15-5-3-2-4-6-15/h2-12H,13H2,1H3,(H,25,27,29)/b18-12+. The SMILES string of the molecule is Cc1cc(-c2ccc(/C=C3\C(=O)NC(=O)N(Cc4ccccc4)C3=O)o2)ccc1Br. The number of rotatable bonds is 4. The molecule has 1 saturated heterocycles. The van der Waals surface area contributed by atoms with Crippen LogP contribution in [0.15, 0.2) is 75.1 Å². The number of amides is 4. The Bertz CT molecular complexity index is 1180. The van der Waals surface area contributed by atoms with Crippen LogP contribution in [0.1, 0.15) is 16.9 Å². The number of halogens is 1. The highest BCUT2D eigenvalue weighted by Gasteiger charge is 2.35. The lowest BCUT2D eigenvalue weighted by molar-refractivity contribution is -0.130. The Hall–Kier alpha value is -3.45. The van der Waals surface area contributed by atoms with Crippen molar-refractivity contribution in [3.05, 3.63) is 87.6 Å². The third-order valence-corrected chi connectivity index (χ3v) is 5.61. The molecule has 4 rings (SSSR count). The number of barbiturate groups is 1. The molecule has 0 spiro atoms. The van der Waals surface area contributed by atoms with E-state index in [4.69, 9.17) is 4.42 Å². The van der Waals surface area contributed by atoms with Gasteiger partial charge in [0.15, 0.2) is 0 Å². The van der Waals surface area contributed by atoms with E-state index in [0.717, 1.165) is 26.1 Å². The molecule has 0 unspecified atom stereocenters. The molecule has 1 N–H and O–H groups in total. The Labute approximate surface area is 181 Å². The molecule has 0 bridgehead atoms. The number of carbonyl (C=O) groups excluding carboxylic acids is 3. The lowest BCUT2D eigenvalue weighted by Gasteiger charge is -2.26.